The lowest BCUT2D eigenvalue weighted by Gasteiger charge is -2.07. The summed E-state index contributed by atoms with van der Waals surface area (Å²) in [7, 11) is 0. The molecule has 2 N–H and O–H groups in total. The van der Waals surface area contributed by atoms with E-state index in [2.05, 4.69) is 27.5 Å². The number of carbonyl (C=O) groups excluding carboxylic acids is 1. The molecule has 102 valence electrons. The zero-order valence-corrected chi connectivity index (χ0v) is 11.1. The molecule has 7 heteroatoms. The van der Waals surface area contributed by atoms with Gasteiger partial charge in [-0.15, -0.1) is 5.10 Å². The molecule has 0 saturated carbocycles. The molecule has 0 saturated heterocycles. The first kappa shape index (κ1) is 14.1. The molecule has 0 radical (unpaired) electrons. The third kappa shape index (κ3) is 3.82. The molecule has 1 aromatic carbocycles. The van der Waals surface area contributed by atoms with Gasteiger partial charge in [0, 0.05) is 11.8 Å². The minimum atomic E-state index is -0.273. The van der Waals surface area contributed by atoms with Crippen LogP contribution in [0.4, 0.5) is 5.69 Å². The zero-order valence-electron chi connectivity index (χ0n) is 10.4. The van der Waals surface area contributed by atoms with Gasteiger partial charge >= 0.3 is 0 Å². The summed E-state index contributed by atoms with van der Waals surface area (Å²) < 4.78 is 1.40. The van der Waals surface area contributed by atoms with Crippen molar-refractivity contribution in [3.63, 3.8) is 0 Å². The first-order valence-electron chi connectivity index (χ1n) is 5.72. The summed E-state index contributed by atoms with van der Waals surface area (Å²) in [5.41, 5.74) is 1.11. The predicted octanol–water partition coefficient (Wildman–Crippen LogP) is 0.914. The minimum Gasteiger partial charge on any atom is -0.384 e. The Labute approximate surface area is 120 Å². The molecule has 1 aromatic heterocycles. The lowest BCUT2D eigenvalue weighted by molar-refractivity contribution is -0.116. The Morgan fingerprint density at radius 2 is 2.35 bits per heavy atom. The monoisotopic (exact) mass is 290 g/mol. The van der Waals surface area contributed by atoms with Gasteiger partial charge in [-0.25, -0.2) is 4.68 Å². The predicted molar refractivity (Wildman–Crippen MR) is 74.1 cm³/mol. The molecule has 0 aliphatic carbocycles. The molecule has 6 nitrogen and oxygen atoms in total. The zero-order chi connectivity index (χ0) is 14.4. The Balaban J connectivity index is 2.09. The maximum absolute atomic E-state index is 11.8. The van der Waals surface area contributed by atoms with Crippen LogP contribution in [0.25, 0.3) is 0 Å². The van der Waals surface area contributed by atoms with Crippen molar-refractivity contribution in [1.82, 2.24) is 15.0 Å². The van der Waals surface area contributed by atoms with Crippen molar-refractivity contribution in [2.24, 2.45) is 0 Å². The fraction of sp³-hybridized carbons (Fsp3) is 0.154. The first-order chi connectivity index (χ1) is 9.69. The highest BCUT2D eigenvalue weighted by molar-refractivity contribution is 6.33. The molecule has 1 amide bonds. The summed E-state index contributed by atoms with van der Waals surface area (Å²) in [6.45, 7) is -0.181. The average molecular weight is 291 g/mol. The normalized spacial score (nSPS) is 9.70. The molecule has 20 heavy (non-hydrogen) atoms. The lowest BCUT2D eigenvalue weighted by Crippen LogP contribution is -2.19. The highest BCUT2D eigenvalue weighted by atomic mass is 35.5. The standard InChI is InChI=1S/C13H11ClN4O2/c14-11-4-3-10(2-1-7-19)8-12(11)16-13(20)9-18-6-5-15-17-18/h3-6,8,19H,7,9H2,(H,16,20). The Bertz CT molecular complexity index is 659. The van der Waals surface area contributed by atoms with Crippen molar-refractivity contribution >= 4 is 23.2 Å². The average Bonchev–Trinajstić information content (AvgIpc) is 2.92. The third-order valence-corrected chi connectivity index (χ3v) is 2.66. The first-order valence-corrected chi connectivity index (χ1v) is 6.10. The number of nitrogens with zero attached hydrogens (tertiary/aromatic N) is 3. The maximum Gasteiger partial charge on any atom is 0.246 e. The van der Waals surface area contributed by atoms with E-state index >= 15 is 0 Å². The van der Waals surface area contributed by atoms with E-state index in [0.717, 1.165) is 0 Å². The Morgan fingerprint density at radius 1 is 1.50 bits per heavy atom. The van der Waals surface area contributed by atoms with E-state index in [1.807, 2.05) is 0 Å². The van der Waals surface area contributed by atoms with Gasteiger partial charge in [0.15, 0.2) is 0 Å². The van der Waals surface area contributed by atoms with E-state index in [9.17, 15) is 4.79 Å². The lowest BCUT2D eigenvalue weighted by atomic mass is 10.2. The largest absolute Gasteiger partial charge is 0.384 e. The third-order valence-electron chi connectivity index (χ3n) is 2.33. The van der Waals surface area contributed by atoms with E-state index in [0.29, 0.717) is 16.3 Å². The van der Waals surface area contributed by atoms with Crippen molar-refractivity contribution in [2.75, 3.05) is 11.9 Å². The molecule has 1 heterocycles. The molecule has 0 fully saturated rings. The van der Waals surface area contributed by atoms with Crippen LogP contribution in [0.15, 0.2) is 30.6 Å². The smallest absolute Gasteiger partial charge is 0.246 e. The van der Waals surface area contributed by atoms with Gasteiger partial charge in [-0.3, -0.25) is 4.79 Å². The van der Waals surface area contributed by atoms with Gasteiger partial charge in [-0.2, -0.15) is 0 Å². The fourth-order valence-electron chi connectivity index (χ4n) is 1.49. The van der Waals surface area contributed by atoms with Gasteiger partial charge in [-0.05, 0) is 18.2 Å². The van der Waals surface area contributed by atoms with Crippen molar-refractivity contribution in [3.05, 3.63) is 41.2 Å². The molecule has 2 aromatic rings. The number of halogens is 1. The molecule has 0 atom stereocenters. The van der Waals surface area contributed by atoms with E-state index < -0.39 is 0 Å². The second-order valence-corrected chi connectivity index (χ2v) is 4.21. The second-order valence-electron chi connectivity index (χ2n) is 3.80. The van der Waals surface area contributed by atoms with Crippen molar-refractivity contribution in [3.8, 4) is 11.8 Å². The van der Waals surface area contributed by atoms with Crippen molar-refractivity contribution in [1.29, 1.82) is 0 Å². The second kappa shape index (κ2) is 6.70. The number of anilines is 1. The highest BCUT2D eigenvalue weighted by Crippen LogP contribution is 2.22. The van der Waals surface area contributed by atoms with Crippen LogP contribution in [0.2, 0.25) is 5.02 Å². The van der Waals surface area contributed by atoms with Gasteiger partial charge < -0.3 is 10.4 Å². The molecular formula is C13H11ClN4O2. The van der Waals surface area contributed by atoms with E-state index in [1.54, 1.807) is 24.4 Å². The Morgan fingerprint density at radius 3 is 3.05 bits per heavy atom. The molecule has 0 aliphatic rings. The fourth-order valence-corrected chi connectivity index (χ4v) is 1.66. The van der Waals surface area contributed by atoms with E-state index in [1.165, 1.54) is 10.9 Å². The highest BCUT2D eigenvalue weighted by Gasteiger charge is 2.07. The van der Waals surface area contributed by atoms with Crippen LogP contribution in [-0.4, -0.2) is 32.6 Å². The topological polar surface area (TPSA) is 80.0 Å². The molecule has 0 bridgehead atoms. The Kier molecular flexibility index (Phi) is 4.71. The van der Waals surface area contributed by atoms with Gasteiger partial charge in [0.25, 0.3) is 0 Å². The van der Waals surface area contributed by atoms with Crippen LogP contribution in [0.3, 0.4) is 0 Å². The number of aliphatic hydroxyl groups excluding tert-OH is 1. The summed E-state index contributed by atoms with van der Waals surface area (Å²) in [5.74, 6) is 5.00. The summed E-state index contributed by atoms with van der Waals surface area (Å²) in [6.07, 6.45) is 3.08. The quantitative estimate of drug-likeness (QED) is 0.824. The SMILES string of the molecule is O=C(Cn1ccnn1)Nc1cc(C#CCO)ccc1Cl. The van der Waals surface area contributed by atoms with Crippen LogP contribution in [0.1, 0.15) is 5.56 Å². The molecule has 2 rings (SSSR count). The Hall–Kier alpha value is -2.36. The van der Waals surface area contributed by atoms with E-state index in [4.69, 9.17) is 16.7 Å². The molecular weight excluding hydrogens is 280 g/mol. The van der Waals surface area contributed by atoms with Gasteiger partial charge in [-0.1, -0.05) is 28.7 Å². The number of hydrogen-bond donors (Lipinski definition) is 2. The molecule has 0 spiro atoms. The molecule has 0 aliphatic heterocycles. The number of benzene rings is 1. The summed E-state index contributed by atoms with van der Waals surface area (Å²) >= 11 is 6.01. The number of carbonyl (C=O) groups is 1. The maximum atomic E-state index is 11.8. The van der Waals surface area contributed by atoms with Crippen molar-refractivity contribution < 1.29 is 9.90 Å². The van der Waals surface area contributed by atoms with Crippen LogP contribution in [-0.2, 0) is 11.3 Å². The number of aromatic nitrogens is 3. The van der Waals surface area contributed by atoms with Crippen molar-refractivity contribution in [2.45, 2.75) is 6.54 Å². The summed E-state index contributed by atoms with van der Waals surface area (Å²) in [5, 5.41) is 19.1. The summed E-state index contributed by atoms with van der Waals surface area (Å²) in [6, 6.07) is 4.98. The number of amides is 1. The van der Waals surface area contributed by atoms with Gasteiger partial charge in [0.05, 0.1) is 16.9 Å². The van der Waals surface area contributed by atoms with Gasteiger partial charge in [0.2, 0.25) is 5.91 Å². The van der Waals surface area contributed by atoms with Crippen LogP contribution in [0, 0.1) is 11.8 Å². The van der Waals surface area contributed by atoms with Crippen LogP contribution >= 0.6 is 11.6 Å². The van der Waals surface area contributed by atoms with Gasteiger partial charge in [0.1, 0.15) is 13.2 Å². The number of nitrogens with one attached hydrogen (secondary N) is 1. The number of rotatable bonds is 3. The number of aliphatic hydroxyl groups is 1. The van der Waals surface area contributed by atoms with Crippen LogP contribution < -0.4 is 5.32 Å². The minimum absolute atomic E-state index is 0.0445. The molecule has 0 unspecified atom stereocenters. The van der Waals surface area contributed by atoms with E-state index in [-0.39, 0.29) is 19.1 Å². The number of hydrogen-bond acceptors (Lipinski definition) is 4. The van der Waals surface area contributed by atoms with Crippen LogP contribution in [0.5, 0.6) is 0 Å². The summed E-state index contributed by atoms with van der Waals surface area (Å²) in [4.78, 5) is 11.8.